The maximum Gasteiger partial charge on any atom is -0.00151 e. The van der Waals surface area contributed by atoms with Crippen molar-refractivity contribution in [2.45, 2.75) is 26.7 Å². The third-order valence-corrected chi connectivity index (χ3v) is 3.93. The molecule has 2 aliphatic rings. The lowest BCUT2D eigenvalue weighted by atomic mass is 9.54. The molecule has 58 valence electrons. The van der Waals surface area contributed by atoms with Crippen molar-refractivity contribution in [1.82, 2.24) is 5.32 Å². The third kappa shape index (κ3) is 0.672. The van der Waals surface area contributed by atoms with Crippen LogP contribution >= 0.6 is 0 Å². The van der Waals surface area contributed by atoms with Gasteiger partial charge in [0, 0.05) is 0 Å². The fourth-order valence-corrected chi connectivity index (χ4v) is 2.50. The van der Waals surface area contributed by atoms with Crippen LogP contribution in [-0.4, -0.2) is 13.1 Å². The Labute approximate surface area is 63.2 Å². The van der Waals surface area contributed by atoms with Gasteiger partial charge in [0.15, 0.2) is 0 Å². The van der Waals surface area contributed by atoms with E-state index in [9.17, 15) is 0 Å². The van der Waals surface area contributed by atoms with E-state index in [1.807, 2.05) is 0 Å². The van der Waals surface area contributed by atoms with Gasteiger partial charge in [0.25, 0.3) is 0 Å². The summed E-state index contributed by atoms with van der Waals surface area (Å²) >= 11 is 0. The normalized spacial score (nSPS) is 53.4. The lowest BCUT2D eigenvalue weighted by Crippen LogP contribution is -2.55. The lowest BCUT2D eigenvalue weighted by Gasteiger charge is -2.55. The summed E-state index contributed by atoms with van der Waals surface area (Å²) in [4.78, 5) is 0. The van der Waals surface area contributed by atoms with Crippen LogP contribution in [0.25, 0.3) is 0 Å². The number of rotatable bonds is 0. The average molecular weight is 139 g/mol. The van der Waals surface area contributed by atoms with Crippen LogP contribution in [-0.2, 0) is 0 Å². The topological polar surface area (TPSA) is 12.0 Å². The highest BCUT2D eigenvalue weighted by Gasteiger charge is 2.47. The number of fused-ring (bicyclic) bond motifs is 1. The zero-order valence-corrected chi connectivity index (χ0v) is 6.98. The molecule has 1 aliphatic heterocycles. The molecule has 3 unspecified atom stereocenters. The summed E-state index contributed by atoms with van der Waals surface area (Å²) in [7, 11) is 0. The largest absolute Gasteiger partial charge is 0.316 e. The Morgan fingerprint density at radius 2 is 2.20 bits per heavy atom. The van der Waals surface area contributed by atoms with E-state index in [1.165, 1.54) is 25.9 Å². The van der Waals surface area contributed by atoms with Crippen molar-refractivity contribution in [3.8, 4) is 0 Å². The van der Waals surface area contributed by atoms with E-state index in [2.05, 4.69) is 19.2 Å². The molecule has 1 nitrogen and oxygen atoms in total. The predicted molar refractivity (Wildman–Crippen MR) is 42.9 cm³/mol. The second-order valence-corrected chi connectivity index (χ2v) is 4.30. The highest BCUT2D eigenvalue weighted by Crippen LogP contribution is 2.52. The maximum absolute atomic E-state index is 3.49. The molecule has 10 heavy (non-hydrogen) atoms. The Bertz CT molecular complexity index is 136. The standard InChI is InChI=1S/C9H17N/c1-7-5-10-6-8-3-4-9(7,8)2/h7-8,10H,3-6H2,1-2H3. The summed E-state index contributed by atoms with van der Waals surface area (Å²) in [6, 6.07) is 0. The molecule has 0 aromatic heterocycles. The summed E-state index contributed by atoms with van der Waals surface area (Å²) in [5.74, 6) is 1.90. The molecule has 1 saturated carbocycles. The smallest absolute Gasteiger partial charge is 0.00151 e. The number of piperidine rings is 1. The number of nitrogens with one attached hydrogen (secondary N) is 1. The molecule has 0 bridgehead atoms. The van der Waals surface area contributed by atoms with Crippen LogP contribution < -0.4 is 5.32 Å². The minimum atomic E-state index is 0.714. The van der Waals surface area contributed by atoms with Gasteiger partial charge in [-0.05, 0) is 43.2 Å². The van der Waals surface area contributed by atoms with Gasteiger partial charge in [0.2, 0.25) is 0 Å². The fraction of sp³-hybridized carbons (Fsp3) is 1.00. The first-order valence-corrected chi connectivity index (χ1v) is 4.44. The molecule has 2 fully saturated rings. The van der Waals surface area contributed by atoms with E-state index in [1.54, 1.807) is 0 Å². The first-order chi connectivity index (χ1) is 4.73. The van der Waals surface area contributed by atoms with E-state index in [0.717, 1.165) is 11.8 Å². The fourth-order valence-electron chi connectivity index (χ4n) is 2.50. The molecule has 1 heterocycles. The summed E-state index contributed by atoms with van der Waals surface area (Å²) in [5.41, 5.74) is 0.714. The summed E-state index contributed by atoms with van der Waals surface area (Å²) in [6.45, 7) is 7.37. The quantitative estimate of drug-likeness (QED) is 0.538. The monoisotopic (exact) mass is 139 g/mol. The molecule has 0 radical (unpaired) electrons. The Balaban J connectivity index is 2.12. The molecule has 1 saturated heterocycles. The number of hydrogen-bond donors (Lipinski definition) is 1. The summed E-state index contributed by atoms with van der Waals surface area (Å²) in [6.07, 6.45) is 2.94. The molecule has 1 N–H and O–H groups in total. The van der Waals surface area contributed by atoms with Crippen LogP contribution in [0.2, 0.25) is 0 Å². The Morgan fingerprint density at radius 1 is 1.40 bits per heavy atom. The molecule has 3 atom stereocenters. The van der Waals surface area contributed by atoms with Gasteiger partial charge in [0.05, 0.1) is 0 Å². The first-order valence-electron chi connectivity index (χ1n) is 4.44. The minimum absolute atomic E-state index is 0.714. The molecule has 2 rings (SSSR count). The molecule has 0 aromatic rings. The second kappa shape index (κ2) is 1.97. The Morgan fingerprint density at radius 3 is 2.60 bits per heavy atom. The third-order valence-electron chi connectivity index (χ3n) is 3.93. The second-order valence-electron chi connectivity index (χ2n) is 4.30. The van der Waals surface area contributed by atoms with E-state index < -0.39 is 0 Å². The van der Waals surface area contributed by atoms with E-state index in [-0.39, 0.29) is 0 Å². The maximum atomic E-state index is 3.49. The van der Waals surface area contributed by atoms with Crippen molar-refractivity contribution < 1.29 is 0 Å². The zero-order valence-electron chi connectivity index (χ0n) is 6.98. The van der Waals surface area contributed by atoms with Crippen LogP contribution in [0.3, 0.4) is 0 Å². The van der Waals surface area contributed by atoms with Gasteiger partial charge in [-0.15, -0.1) is 0 Å². The van der Waals surface area contributed by atoms with Gasteiger partial charge in [-0.1, -0.05) is 13.8 Å². The summed E-state index contributed by atoms with van der Waals surface area (Å²) < 4.78 is 0. The van der Waals surface area contributed by atoms with Gasteiger partial charge in [0.1, 0.15) is 0 Å². The molecule has 1 aliphatic carbocycles. The lowest BCUT2D eigenvalue weighted by molar-refractivity contribution is -0.0311. The van der Waals surface area contributed by atoms with Crippen LogP contribution in [0.5, 0.6) is 0 Å². The molecular formula is C9H17N. The van der Waals surface area contributed by atoms with E-state index >= 15 is 0 Å². The highest BCUT2D eigenvalue weighted by atomic mass is 14.9. The van der Waals surface area contributed by atoms with Crippen molar-refractivity contribution in [2.75, 3.05) is 13.1 Å². The molecule has 0 spiro atoms. The number of hydrogen-bond acceptors (Lipinski definition) is 1. The van der Waals surface area contributed by atoms with Gasteiger partial charge < -0.3 is 5.32 Å². The Hall–Kier alpha value is -0.0400. The van der Waals surface area contributed by atoms with Crippen LogP contribution in [0.15, 0.2) is 0 Å². The van der Waals surface area contributed by atoms with Gasteiger partial charge in [-0.3, -0.25) is 0 Å². The molecular weight excluding hydrogens is 122 g/mol. The van der Waals surface area contributed by atoms with Crippen LogP contribution in [0, 0.1) is 17.3 Å². The SMILES string of the molecule is CC1CNCC2CCC12C. The van der Waals surface area contributed by atoms with E-state index in [4.69, 9.17) is 0 Å². The van der Waals surface area contributed by atoms with Gasteiger partial charge in [-0.2, -0.15) is 0 Å². The van der Waals surface area contributed by atoms with Crippen molar-refractivity contribution >= 4 is 0 Å². The van der Waals surface area contributed by atoms with Crippen molar-refractivity contribution in [3.05, 3.63) is 0 Å². The molecule has 1 heteroatoms. The first kappa shape index (κ1) is 6.66. The van der Waals surface area contributed by atoms with Crippen molar-refractivity contribution in [1.29, 1.82) is 0 Å². The van der Waals surface area contributed by atoms with Crippen LogP contribution in [0.1, 0.15) is 26.7 Å². The summed E-state index contributed by atoms with van der Waals surface area (Å²) in [5, 5.41) is 3.49. The minimum Gasteiger partial charge on any atom is -0.316 e. The zero-order chi connectivity index (χ0) is 7.19. The van der Waals surface area contributed by atoms with Crippen molar-refractivity contribution in [2.24, 2.45) is 17.3 Å². The Kier molecular flexibility index (Phi) is 1.31. The van der Waals surface area contributed by atoms with Crippen LogP contribution in [0.4, 0.5) is 0 Å². The van der Waals surface area contributed by atoms with Crippen molar-refractivity contribution in [3.63, 3.8) is 0 Å². The van der Waals surface area contributed by atoms with Gasteiger partial charge >= 0.3 is 0 Å². The highest BCUT2D eigenvalue weighted by molar-refractivity contribution is 4.99. The predicted octanol–water partition coefficient (Wildman–Crippen LogP) is 1.64. The molecule has 0 aromatic carbocycles. The molecule has 0 amide bonds. The van der Waals surface area contributed by atoms with Gasteiger partial charge in [-0.25, -0.2) is 0 Å². The average Bonchev–Trinajstić information content (AvgIpc) is 1.90. The van der Waals surface area contributed by atoms with E-state index in [0.29, 0.717) is 5.41 Å².